The number of ether oxygens (including phenoxy) is 2. The molecule has 33 heavy (non-hydrogen) atoms. The number of H-pyrrole nitrogens is 1. The normalized spacial score (nSPS) is 21.4. The largest absolute Gasteiger partial charge is 0.474 e. The van der Waals surface area contributed by atoms with E-state index in [4.69, 9.17) is 19.4 Å². The van der Waals surface area contributed by atoms with Crippen molar-refractivity contribution in [3.05, 3.63) is 43.4 Å². The molecule has 1 N–H and O–H groups in total. The van der Waals surface area contributed by atoms with Crippen LogP contribution in [0.3, 0.4) is 0 Å². The van der Waals surface area contributed by atoms with Crippen molar-refractivity contribution in [1.82, 2.24) is 34.7 Å². The molecule has 0 atom stereocenters. The number of nitrogens with one attached hydrogen (secondary N) is 1. The highest BCUT2D eigenvalue weighted by Crippen LogP contribution is 2.35. The second kappa shape index (κ2) is 8.78. The van der Waals surface area contributed by atoms with Crippen LogP contribution in [0.25, 0.3) is 22.3 Å². The van der Waals surface area contributed by atoms with E-state index in [9.17, 15) is 0 Å². The number of hydrogen-bond donors (Lipinski definition) is 1. The lowest BCUT2D eigenvalue weighted by molar-refractivity contribution is 0.121. The van der Waals surface area contributed by atoms with Crippen LogP contribution < -0.4 is 9.64 Å². The van der Waals surface area contributed by atoms with Crippen molar-refractivity contribution >= 4 is 16.7 Å². The summed E-state index contributed by atoms with van der Waals surface area (Å²) in [6.45, 7) is 3.02. The monoisotopic (exact) mass is 446 g/mol. The van der Waals surface area contributed by atoms with Crippen LogP contribution in [-0.4, -0.2) is 67.1 Å². The summed E-state index contributed by atoms with van der Waals surface area (Å²) in [5.41, 5.74) is 1.71. The number of anilines is 1. The summed E-state index contributed by atoms with van der Waals surface area (Å²) in [5, 5.41) is 7.76. The van der Waals surface area contributed by atoms with Gasteiger partial charge in [-0.1, -0.05) is 0 Å². The SMILES string of the molecule is c1cn(C2CCC(Oc3nc(N4CCOCC4)cc4ncc(-c5ncn[nH]5)cc34)CC2)cn1. The number of aromatic amines is 1. The summed E-state index contributed by atoms with van der Waals surface area (Å²) >= 11 is 0. The second-order valence-electron chi connectivity index (χ2n) is 8.57. The summed E-state index contributed by atoms with van der Waals surface area (Å²) < 4.78 is 14.3. The van der Waals surface area contributed by atoms with Gasteiger partial charge in [0.15, 0.2) is 5.82 Å². The Labute approximate surface area is 191 Å². The van der Waals surface area contributed by atoms with Gasteiger partial charge in [0.25, 0.3) is 0 Å². The van der Waals surface area contributed by atoms with Gasteiger partial charge in [0.2, 0.25) is 5.88 Å². The average Bonchev–Trinajstić information content (AvgIpc) is 3.60. The van der Waals surface area contributed by atoms with Crippen LogP contribution >= 0.6 is 0 Å². The van der Waals surface area contributed by atoms with E-state index < -0.39 is 0 Å². The summed E-state index contributed by atoms with van der Waals surface area (Å²) in [7, 11) is 0. The van der Waals surface area contributed by atoms with Crippen molar-refractivity contribution in [2.45, 2.75) is 37.8 Å². The number of fused-ring (bicyclic) bond motifs is 1. The molecule has 10 heteroatoms. The Morgan fingerprint density at radius 2 is 1.94 bits per heavy atom. The van der Waals surface area contributed by atoms with Gasteiger partial charge in [-0.15, -0.1) is 0 Å². The van der Waals surface area contributed by atoms with Crippen molar-refractivity contribution < 1.29 is 9.47 Å². The Kier molecular flexibility index (Phi) is 5.35. The van der Waals surface area contributed by atoms with Crippen molar-refractivity contribution in [2.24, 2.45) is 0 Å². The molecule has 4 aromatic heterocycles. The highest BCUT2D eigenvalue weighted by atomic mass is 16.5. The summed E-state index contributed by atoms with van der Waals surface area (Å²) in [6.07, 6.45) is 13.3. The molecule has 1 aliphatic carbocycles. The lowest BCUT2D eigenvalue weighted by atomic mass is 9.93. The molecule has 0 unspecified atom stereocenters. The minimum Gasteiger partial charge on any atom is -0.474 e. The predicted octanol–water partition coefficient (Wildman–Crippen LogP) is 3.01. The molecule has 5 heterocycles. The molecule has 0 radical (unpaired) electrons. The Morgan fingerprint density at radius 1 is 1.06 bits per heavy atom. The minimum atomic E-state index is 0.120. The Hall–Kier alpha value is -3.53. The lowest BCUT2D eigenvalue weighted by Gasteiger charge is -2.31. The van der Waals surface area contributed by atoms with Crippen LogP contribution in [-0.2, 0) is 4.74 Å². The first kappa shape index (κ1) is 20.1. The number of morpholine rings is 1. The second-order valence-corrected chi connectivity index (χ2v) is 8.57. The van der Waals surface area contributed by atoms with Crippen LogP contribution in [0, 0.1) is 0 Å². The van der Waals surface area contributed by atoms with Gasteiger partial charge in [0, 0.05) is 49.4 Å². The fraction of sp³-hybridized carbons (Fsp3) is 0.435. The molecule has 1 saturated heterocycles. The van der Waals surface area contributed by atoms with Gasteiger partial charge in [-0.3, -0.25) is 10.1 Å². The molecule has 10 nitrogen and oxygen atoms in total. The molecule has 170 valence electrons. The van der Waals surface area contributed by atoms with Gasteiger partial charge in [0.05, 0.1) is 30.4 Å². The highest BCUT2D eigenvalue weighted by molar-refractivity contribution is 5.88. The zero-order valence-electron chi connectivity index (χ0n) is 18.3. The first-order valence-corrected chi connectivity index (χ1v) is 11.5. The van der Waals surface area contributed by atoms with E-state index in [2.05, 4.69) is 29.6 Å². The quantitative estimate of drug-likeness (QED) is 0.499. The standard InChI is InChI=1S/C23H26N8O2/c1-3-18(4-2-17(1)31-6-5-24-15-31)33-23-19-11-16(22-26-14-27-29-22)13-25-20(19)12-21(28-23)30-7-9-32-10-8-30/h5-6,11-15,17-18H,1-4,7-10H2,(H,26,27,29). The van der Waals surface area contributed by atoms with Crippen LogP contribution in [0.4, 0.5) is 5.82 Å². The Morgan fingerprint density at radius 3 is 2.70 bits per heavy atom. The fourth-order valence-electron chi connectivity index (χ4n) is 4.70. The van der Waals surface area contributed by atoms with E-state index in [1.54, 1.807) is 0 Å². The molecule has 0 aromatic carbocycles. The van der Waals surface area contributed by atoms with E-state index in [0.717, 1.165) is 61.1 Å². The molecule has 1 saturated carbocycles. The zero-order chi connectivity index (χ0) is 22.0. The van der Waals surface area contributed by atoms with E-state index in [1.165, 1.54) is 6.33 Å². The third-order valence-electron chi connectivity index (χ3n) is 6.52. The molecule has 1 aliphatic heterocycles. The number of rotatable bonds is 5. The van der Waals surface area contributed by atoms with E-state index in [-0.39, 0.29) is 6.10 Å². The fourth-order valence-corrected chi connectivity index (χ4v) is 4.70. The van der Waals surface area contributed by atoms with Gasteiger partial charge in [0.1, 0.15) is 18.2 Å². The van der Waals surface area contributed by atoms with Crippen molar-refractivity contribution in [1.29, 1.82) is 0 Å². The Balaban J connectivity index is 1.31. The third kappa shape index (κ3) is 4.13. The third-order valence-corrected chi connectivity index (χ3v) is 6.52. The molecule has 2 fully saturated rings. The van der Waals surface area contributed by atoms with Crippen molar-refractivity contribution in [3.63, 3.8) is 0 Å². The summed E-state index contributed by atoms with van der Waals surface area (Å²) in [4.78, 5) is 20.4. The minimum absolute atomic E-state index is 0.120. The first-order chi connectivity index (χ1) is 16.3. The van der Waals surface area contributed by atoms with Crippen LogP contribution in [0.2, 0.25) is 0 Å². The maximum absolute atomic E-state index is 6.56. The molecule has 2 aliphatic rings. The number of pyridine rings is 2. The topological polar surface area (TPSA) is 107 Å². The van der Waals surface area contributed by atoms with Crippen LogP contribution in [0.5, 0.6) is 5.88 Å². The molecule has 0 amide bonds. The molecule has 6 rings (SSSR count). The zero-order valence-corrected chi connectivity index (χ0v) is 18.3. The average molecular weight is 447 g/mol. The predicted molar refractivity (Wildman–Crippen MR) is 122 cm³/mol. The van der Waals surface area contributed by atoms with E-state index in [0.29, 0.717) is 31.0 Å². The van der Waals surface area contributed by atoms with Gasteiger partial charge < -0.3 is 18.9 Å². The van der Waals surface area contributed by atoms with Gasteiger partial charge in [-0.05, 0) is 31.7 Å². The summed E-state index contributed by atoms with van der Waals surface area (Å²) in [6, 6.07) is 4.55. The number of nitrogens with zero attached hydrogens (tertiary/aromatic N) is 7. The van der Waals surface area contributed by atoms with E-state index in [1.807, 2.05) is 37.1 Å². The number of aromatic nitrogens is 7. The number of hydrogen-bond acceptors (Lipinski definition) is 8. The molecular formula is C23H26N8O2. The lowest BCUT2D eigenvalue weighted by Crippen LogP contribution is -2.36. The molecule has 0 spiro atoms. The van der Waals surface area contributed by atoms with Crippen LogP contribution in [0.15, 0.2) is 43.4 Å². The van der Waals surface area contributed by atoms with Crippen molar-refractivity contribution in [3.8, 4) is 17.3 Å². The first-order valence-electron chi connectivity index (χ1n) is 11.5. The molecular weight excluding hydrogens is 420 g/mol. The smallest absolute Gasteiger partial charge is 0.225 e. The van der Waals surface area contributed by atoms with Gasteiger partial charge in [-0.2, -0.15) is 10.1 Å². The van der Waals surface area contributed by atoms with Gasteiger partial charge >= 0.3 is 0 Å². The summed E-state index contributed by atoms with van der Waals surface area (Å²) in [5.74, 6) is 2.19. The Bertz CT molecular complexity index is 1200. The number of imidazole rings is 1. The van der Waals surface area contributed by atoms with Crippen molar-refractivity contribution in [2.75, 3.05) is 31.2 Å². The molecule has 0 bridgehead atoms. The maximum atomic E-state index is 6.56. The maximum Gasteiger partial charge on any atom is 0.225 e. The highest BCUT2D eigenvalue weighted by Gasteiger charge is 2.25. The molecule has 4 aromatic rings. The van der Waals surface area contributed by atoms with E-state index >= 15 is 0 Å². The van der Waals surface area contributed by atoms with Gasteiger partial charge in [-0.25, -0.2) is 9.97 Å². The van der Waals surface area contributed by atoms with Crippen LogP contribution in [0.1, 0.15) is 31.7 Å².